The molecule has 0 aromatic heterocycles. The average Bonchev–Trinajstić information content (AvgIpc) is 2.61. The lowest BCUT2D eigenvalue weighted by molar-refractivity contribution is -0.165. The standard InChI is InChI=1S/C10H12O3/c11-9-7-4-2-1-3-6(7)8-5-12-10(9)13-8/h1-2,6-8,10H,3-5H2. The van der Waals surface area contributed by atoms with E-state index < -0.39 is 6.29 Å². The molecule has 0 saturated carbocycles. The van der Waals surface area contributed by atoms with Gasteiger partial charge in [-0.2, -0.15) is 0 Å². The van der Waals surface area contributed by atoms with E-state index in [1.165, 1.54) is 0 Å². The maximum atomic E-state index is 11.7. The molecule has 0 aromatic rings. The van der Waals surface area contributed by atoms with E-state index in [0.29, 0.717) is 12.5 Å². The Morgan fingerprint density at radius 2 is 2.15 bits per heavy atom. The summed E-state index contributed by atoms with van der Waals surface area (Å²) < 4.78 is 10.8. The van der Waals surface area contributed by atoms with E-state index in [1.54, 1.807) is 0 Å². The zero-order valence-electron chi connectivity index (χ0n) is 7.31. The fourth-order valence-electron chi connectivity index (χ4n) is 2.54. The van der Waals surface area contributed by atoms with E-state index in [1.807, 2.05) is 0 Å². The van der Waals surface area contributed by atoms with E-state index >= 15 is 0 Å². The molecule has 13 heavy (non-hydrogen) atoms. The lowest BCUT2D eigenvalue weighted by Gasteiger charge is -2.34. The second-order valence-corrected chi connectivity index (χ2v) is 3.96. The number of allylic oxidation sites excluding steroid dienone is 2. The summed E-state index contributed by atoms with van der Waals surface area (Å²) in [6, 6.07) is 0. The Labute approximate surface area is 76.7 Å². The second-order valence-electron chi connectivity index (χ2n) is 3.96. The minimum atomic E-state index is -0.544. The summed E-state index contributed by atoms with van der Waals surface area (Å²) in [6.45, 7) is 0.603. The van der Waals surface area contributed by atoms with Crippen molar-refractivity contribution in [2.45, 2.75) is 25.2 Å². The highest BCUT2D eigenvalue weighted by Gasteiger charge is 2.49. The monoisotopic (exact) mass is 180 g/mol. The van der Waals surface area contributed by atoms with Crippen molar-refractivity contribution >= 4 is 5.78 Å². The summed E-state index contributed by atoms with van der Waals surface area (Å²) in [5.41, 5.74) is 0. The summed E-state index contributed by atoms with van der Waals surface area (Å²) in [5.74, 6) is 0.690. The summed E-state index contributed by atoms with van der Waals surface area (Å²) in [4.78, 5) is 11.7. The first kappa shape index (κ1) is 7.71. The first-order valence-electron chi connectivity index (χ1n) is 4.82. The highest BCUT2D eigenvalue weighted by atomic mass is 16.7. The number of fused-ring (bicyclic) bond motifs is 4. The van der Waals surface area contributed by atoms with Gasteiger partial charge in [-0.05, 0) is 12.8 Å². The number of hydrogen-bond donors (Lipinski definition) is 0. The Hall–Kier alpha value is -0.670. The molecule has 70 valence electrons. The SMILES string of the molecule is O=C1C2OCC(O2)C2CC=CCC12. The molecule has 4 atom stereocenters. The largest absolute Gasteiger partial charge is 0.343 e. The molecule has 2 fully saturated rings. The molecule has 1 aliphatic carbocycles. The number of ether oxygens (including phenoxy) is 2. The molecule has 2 aliphatic heterocycles. The van der Waals surface area contributed by atoms with Crippen molar-refractivity contribution in [3.63, 3.8) is 0 Å². The molecule has 0 aromatic carbocycles. The van der Waals surface area contributed by atoms with Gasteiger partial charge in [0.05, 0.1) is 12.7 Å². The molecule has 4 unspecified atom stereocenters. The van der Waals surface area contributed by atoms with Crippen LogP contribution < -0.4 is 0 Å². The Bertz CT molecular complexity index is 271. The zero-order valence-corrected chi connectivity index (χ0v) is 7.31. The highest BCUT2D eigenvalue weighted by molar-refractivity contribution is 5.86. The van der Waals surface area contributed by atoms with Crippen LogP contribution in [-0.4, -0.2) is 24.8 Å². The smallest absolute Gasteiger partial charge is 0.218 e. The molecule has 2 saturated heterocycles. The van der Waals surface area contributed by atoms with Crippen molar-refractivity contribution in [1.82, 2.24) is 0 Å². The van der Waals surface area contributed by atoms with Crippen molar-refractivity contribution in [3.05, 3.63) is 12.2 Å². The summed E-state index contributed by atoms with van der Waals surface area (Å²) in [6.07, 6.45) is 5.72. The summed E-state index contributed by atoms with van der Waals surface area (Å²) in [5, 5.41) is 0. The van der Waals surface area contributed by atoms with E-state index in [0.717, 1.165) is 12.8 Å². The molecule has 0 spiro atoms. The van der Waals surface area contributed by atoms with Crippen molar-refractivity contribution in [1.29, 1.82) is 0 Å². The summed E-state index contributed by atoms with van der Waals surface area (Å²) >= 11 is 0. The van der Waals surface area contributed by atoms with Gasteiger partial charge in [-0.1, -0.05) is 12.2 Å². The highest BCUT2D eigenvalue weighted by Crippen LogP contribution is 2.39. The molecule has 3 nitrogen and oxygen atoms in total. The van der Waals surface area contributed by atoms with Crippen LogP contribution in [0.25, 0.3) is 0 Å². The molecular weight excluding hydrogens is 168 g/mol. The minimum Gasteiger partial charge on any atom is -0.343 e. The van der Waals surface area contributed by atoms with Gasteiger partial charge < -0.3 is 9.47 Å². The third-order valence-electron chi connectivity index (χ3n) is 3.27. The number of carbonyl (C=O) groups excluding carboxylic acids is 1. The topological polar surface area (TPSA) is 35.5 Å². The number of ketones is 1. The Kier molecular flexibility index (Phi) is 1.58. The van der Waals surface area contributed by atoms with Crippen LogP contribution in [0.5, 0.6) is 0 Å². The molecule has 3 heteroatoms. The maximum absolute atomic E-state index is 11.7. The van der Waals surface area contributed by atoms with Gasteiger partial charge in [0.2, 0.25) is 6.29 Å². The minimum absolute atomic E-state index is 0.156. The molecule has 0 amide bonds. The maximum Gasteiger partial charge on any atom is 0.218 e. The first-order valence-corrected chi connectivity index (χ1v) is 4.82. The van der Waals surface area contributed by atoms with E-state index in [9.17, 15) is 4.79 Å². The fraction of sp³-hybridized carbons (Fsp3) is 0.700. The van der Waals surface area contributed by atoms with E-state index in [2.05, 4.69) is 12.2 Å². The quantitative estimate of drug-likeness (QED) is 0.519. The van der Waals surface area contributed by atoms with E-state index in [-0.39, 0.29) is 17.8 Å². The van der Waals surface area contributed by atoms with Crippen LogP contribution >= 0.6 is 0 Å². The molecule has 0 radical (unpaired) electrons. The number of hydrogen-bond acceptors (Lipinski definition) is 3. The van der Waals surface area contributed by atoms with Crippen LogP contribution in [0.4, 0.5) is 0 Å². The Morgan fingerprint density at radius 1 is 1.31 bits per heavy atom. The summed E-state index contributed by atoms with van der Waals surface area (Å²) in [7, 11) is 0. The van der Waals surface area contributed by atoms with Crippen molar-refractivity contribution < 1.29 is 14.3 Å². The molecule has 3 rings (SSSR count). The number of rotatable bonds is 0. The second kappa shape index (κ2) is 2.66. The molecule has 3 aliphatic rings. The van der Waals surface area contributed by atoms with Gasteiger partial charge in [0.25, 0.3) is 0 Å². The third kappa shape index (κ3) is 1.00. The van der Waals surface area contributed by atoms with Gasteiger partial charge in [0.1, 0.15) is 0 Å². The Morgan fingerprint density at radius 3 is 3.08 bits per heavy atom. The van der Waals surface area contributed by atoms with Gasteiger partial charge in [-0.25, -0.2) is 0 Å². The van der Waals surface area contributed by atoms with Gasteiger partial charge in [0, 0.05) is 11.8 Å². The van der Waals surface area contributed by atoms with Crippen LogP contribution in [0.1, 0.15) is 12.8 Å². The lowest BCUT2D eigenvalue weighted by atomic mass is 9.76. The van der Waals surface area contributed by atoms with Crippen molar-refractivity contribution in [3.8, 4) is 0 Å². The number of Topliss-reactive ketones (excluding diaryl/α,β-unsaturated/α-hetero) is 1. The number of carbonyl (C=O) groups is 1. The van der Waals surface area contributed by atoms with Crippen LogP contribution in [0, 0.1) is 11.8 Å². The van der Waals surface area contributed by atoms with Crippen LogP contribution in [-0.2, 0) is 14.3 Å². The van der Waals surface area contributed by atoms with E-state index in [4.69, 9.17) is 9.47 Å². The van der Waals surface area contributed by atoms with Crippen LogP contribution in [0.15, 0.2) is 12.2 Å². The fourth-order valence-corrected chi connectivity index (χ4v) is 2.54. The normalized spacial score (nSPS) is 47.8. The molecule has 0 N–H and O–H groups in total. The average molecular weight is 180 g/mol. The van der Waals surface area contributed by atoms with Gasteiger partial charge in [-0.15, -0.1) is 0 Å². The predicted molar refractivity (Wildman–Crippen MR) is 45.0 cm³/mol. The van der Waals surface area contributed by atoms with Crippen molar-refractivity contribution in [2.75, 3.05) is 6.61 Å². The molecule has 2 bridgehead atoms. The lowest BCUT2D eigenvalue weighted by Crippen LogP contribution is -2.44. The Balaban J connectivity index is 1.94. The zero-order chi connectivity index (χ0) is 8.84. The predicted octanol–water partition coefficient (Wildman–Crippen LogP) is 0.893. The van der Waals surface area contributed by atoms with Crippen LogP contribution in [0.2, 0.25) is 0 Å². The van der Waals surface area contributed by atoms with Gasteiger partial charge in [-0.3, -0.25) is 4.79 Å². The van der Waals surface area contributed by atoms with Gasteiger partial charge in [0.15, 0.2) is 5.78 Å². The molecular formula is C10H12O3. The third-order valence-corrected chi connectivity index (χ3v) is 3.27. The molecule has 2 heterocycles. The van der Waals surface area contributed by atoms with Gasteiger partial charge >= 0.3 is 0 Å². The van der Waals surface area contributed by atoms with Crippen molar-refractivity contribution in [2.24, 2.45) is 11.8 Å². The van der Waals surface area contributed by atoms with Crippen LogP contribution in [0.3, 0.4) is 0 Å². The first-order chi connectivity index (χ1) is 6.36.